The standard InChI is InChI=1S/C11H15BrFNO2S/c1-2-14(9-3-8-12)17(15,16)11-6-4-10(13)5-7-11/h4-7H,2-3,8-9H2,1H3. The molecule has 17 heavy (non-hydrogen) atoms. The first-order valence-corrected chi connectivity index (χ1v) is 7.90. The molecule has 96 valence electrons. The number of nitrogens with zero attached hydrogens (tertiary/aromatic N) is 1. The zero-order valence-electron chi connectivity index (χ0n) is 9.57. The van der Waals surface area contributed by atoms with Crippen molar-refractivity contribution in [1.82, 2.24) is 4.31 Å². The maximum absolute atomic E-state index is 12.7. The molecule has 0 radical (unpaired) electrons. The van der Waals surface area contributed by atoms with E-state index in [0.29, 0.717) is 13.1 Å². The van der Waals surface area contributed by atoms with Gasteiger partial charge in [0.15, 0.2) is 0 Å². The second-order valence-electron chi connectivity index (χ2n) is 3.49. The molecule has 0 unspecified atom stereocenters. The number of hydrogen-bond acceptors (Lipinski definition) is 2. The predicted octanol–water partition coefficient (Wildman–Crippen LogP) is 2.62. The zero-order valence-corrected chi connectivity index (χ0v) is 12.0. The molecule has 0 saturated carbocycles. The highest BCUT2D eigenvalue weighted by molar-refractivity contribution is 9.09. The van der Waals surface area contributed by atoms with Crippen molar-refractivity contribution >= 4 is 26.0 Å². The maximum Gasteiger partial charge on any atom is 0.243 e. The van der Waals surface area contributed by atoms with E-state index in [1.54, 1.807) is 6.92 Å². The van der Waals surface area contributed by atoms with Crippen molar-refractivity contribution in [2.24, 2.45) is 0 Å². The Balaban J connectivity index is 2.95. The minimum absolute atomic E-state index is 0.135. The molecule has 0 heterocycles. The van der Waals surface area contributed by atoms with E-state index in [1.165, 1.54) is 16.4 Å². The van der Waals surface area contributed by atoms with Gasteiger partial charge in [-0.1, -0.05) is 22.9 Å². The minimum atomic E-state index is -3.49. The van der Waals surface area contributed by atoms with E-state index in [1.807, 2.05) is 0 Å². The average molecular weight is 324 g/mol. The number of benzene rings is 1. The molecule has 0 aliphatic heterocycles. The van der Waals surface area contributed by atoms with Crippen molar-refractivity contribution in [3.05, 3.63) is 30.1 Å². The van der Waals surface area contributed by atoms with Crippen molar-refractivity contribution in [2.45, 2.75) is 18.2 Å². The highest BCUT2D eigenvalue weighted by Gasteiger charge is 2.22. The third kappa shape index (κ3) is 3.76. The van der Waals surface area contributed by atoms with Gasteiger partial charge in [0.2, 0.25) is 10.0 Å². The molecule has 6 heteroatoms. The Morgan fingerprint density at radius 2 is 1.88 bits per heavy atom. The van der Waals surface area contributed by atoms with Crippen LogP contribution in [0.4, 0.5) is 4.39 Å². The highest BCUT2D eigenvalue weighted by atomic mass is 79.9. The van der Waals surface area contributed by atoms with Crippen LogP contribution in [-0.2, 0) is 10.0 Å². The molecule has 0 saturated heterocycles. The molecule has 1 rings (SSSR count). The molecule has 0 amide bonds. The van der Waals surface area contributed by atoms with E-state index in [-0.39, 0.29) is 4.90 Å². The summed E-state index contributed by atoms with van der Waals surface area (Å²) in [5.41, 5.74) is 0. The Labute approximate surface area is 110 Å². The normalized spacial score (nSPS) is 12.0. The first-order chi connectivity index (χ1) is 8.02. The second kappa shape index (κ2) is 6.47. The van der Waals surface area contributed by atoms with E-state index in [9.17, 15) is 12.8 Å². The lowest BCUT2D eigenvalue weighted by Crippen LogP contribution is -2.32. The lowest BCUT2D eigenvalue weighted by atomic mass is 10.4. The van der Waals surface area contributed by atoms with Gasteiger partial charge >= 0.3 is 0 Å². The summed E-state index contributed by atoms with van der Waals surface area (Å²) in [4.78, 5) is 0.135. The summed E-state index contributed by atoms with van der Waals surface area (Å²) in [6.07, 6.45) is 0.744. The third-order valence-corrected chi connectivity index (χ3v) is 4.89. The molecule has 0 aromatic heterocycles. The Morgan fingerprint density at radius 3 is 2.35 bits per heavy atom. The number of hydrogen-bond donors (Lipinski definition) is 0. The van der Waals surface area contributed by atoms with Crippen LogP contribution in [0.1, 0.15) is 13.3 Å². The molecular weight excluding hydrogens is 309 g/mol. The van der Waals surface area contributed by atoms with E-state index < -0.39 is 15.8 Å². The topological polar surface area (TPSA) is 37.4 Å². The average Bonchev–Trinajstić information content (AvgIpc) is 2.30. The van der Waals surface area contributed by atoms with Crippen LogP contribution >= 0.6 is 15.9 Å². The van der Waals surface area contributed by atoms with Gasteiger partial charge in [-0.05, 0) is 30.7 Å². The van der Waals surface area contributed by atoms with Crippen molar-refractivity contribution in [1.29, 1.82) is 0 Å². The van der Waals surface area contributed by atoms with Gasteiger partial charge in [0.25, 0.3) is 0 Å². The van der Waals surface area contributed by atoms with Crippen LogP contribution in [0, 0.1) is 5.82 Å². The van der Waals surface area contributed by atoms with Crippen molar-refractivity contribution in [3.8, 4) is 0 Å². The SMILES string of the molecule is CCN(CCCBr)S(=O)(=O)c1ccc(F)cc1. The Hall–Kier alpha value is -0.460. The van der Waals surface area contributed by atoms with Crippen molar-refractivity contribution in [2.75, 3.05) is 18.4 Å². The van der Waals surface area contributed by atoms with E-state index in [0.717, 1.165) is 23.9 Å². The number of sulfonamides is 1. The molecule has 0 fully saturated rings. The Bertz CT molecular complexity index is 447. The largest absolute Gasteiger partial charge is 0.243 e. The van der Waals surface area contributed by atoms with Crippen LogP contribution in [0.15, 0.2) is 29.2 Å². The Morgan fingerprint density at radius 1 is 1.29 bits per heavy atom. The third-order valence-electron chi connectivity index (χ3n) is 2.35. The van der Waals surface area contributed by atoms with Gasteiger partial charge in [0.1, 0.15) is 5.82 Å². The summed E-state index contributed by atoms with van der Waals surface area (Å²) in [5, 5.41) is 0.752. The summed E-state index contributed by atoms with van der Waals surface area (Å²) >= 11 is 3.27. The molecule has 0 bridgehead atoms. The fraction of sp³-hybridized carbons (Fsp3) is 0.455. The van der Waals surface area contributed by atoms with Crippen molar-refractivity contribution < 1.29 is 12.8 Å². The molecule has 1 aromatic rings. The first kappa shape index (κ1) is 14.6. The van der Waals surface area contributed by atoms with Gasteiger partial charge in [-0.15, -0.1) is 0 Å². The Kier molecular flexibility index (Phi) is 5.55. The molecule has 0 aliphatic carbocycles. The number of rotatable bonds is 6. The molecule has 0 spiro atoms. The minimum Gasteiger partial charge on any atom is -0.207 e. The summed E-state index contributed by atoms with van der Waals surface area (Å²) in [5.74, 6) is -0.438. The molecule has 0 aliphatic rings. The quantitative estimate of drug-likeness (QED) is 0.755. The zero-order chi connectivity index (χ0) is 12.9. The summed E-state index contributed by atoms with van der Waals surface area (Å²) in [6, 6.07) is 4.90. The second-order valence-corrected chi connectivity index (χ2v) is 6.22. The van der Waals surface area contributed by atoms with Crippen LogP contribution in [0.25, 0.3) is 0 Å². The van der Waals surface area contributed by atoms with Gasteiger partial charge in [0, 0.05) is 18.4 Å². The highest BCUT2D eigenvalue weighted by Crippen LogP contribution is 2.16. The van der Waals surface area contributed by atoms with Crippen LogP contribution < -0.4 is 0 Å². The lowest BCUT2D eigenvalue weighted by Gasteiger charge is -2.19. The summed E-state index contributed by atoms with van der Waals surface area (Å²) < 4.78 is 38.5. The smallest absolute Gasteiger partial charge is 0.207 e. The van der Waals surface area contributed by atoms with E-state index in [2.05, 4.69) is 15.9 Å². The predicted molar refractivity (Wildman–Crippen MR) is 69.2 cm³/mol. The fourth-order valence-electron chi connectivity index (χ4n) is 1.44. The first-order valence-electron chi connectivity index (χ1n) is 5.34. The number of halogens is 2. The summed E-state index contributed by atoms with van der Waals surface area (Å²) in [7, 11) is -3.49. The van der Waals surface area contributed by atoms with Gasteiger partial charge < -0.3 is 0 Å². The van der Waals surface area contributed by atoms with E-state index >= 15 is 0 Å². The molecule has 3 nitrogen and oxygen atoms in total. The molecule has 1 aromatic carbocycles. The van der Waals surface area contributed by atoms with Gasteiger partial charge in [0.05, 0.1) is 4.90 Å². The molecule has 0 N–H and O–H groups in total. The monoisotopic (exact) mass is 323 g/mol. The van der Waals surface area contributed by atoms with Crippen LogP contribution in [0.3, 0.4) is 0 Å². The van der Waals surface area contributed by atoms with Crippen LogP contribution in [0.2, 0.25) is 0 Å². The lowest BCUT2D eigenvalue weighted by molar-refractivity contribution is 0.428. The fourth-order valence-corrected chi connectivity index (χ4v) is 3.18. The van der Waals surface area contributed by atoms with Gasteiger partial charge in [-0.2, -0.15) is 4.31 Å². The molecular formula is C11H15BrFNO2S. The molecule has 0 atom stereocenters. The van der Waals surface area contributed by atoms with Crippen molar-refractivity contribution in [3.63, 3.8) is 0 Å². The van der Waals surface area contributed by atoms with Gasteiger partial charge in [-0.25, -0.2) is 12.8 Å². The van der Waals surface area contributed by atoms with Crippen LogP contribution in [-0.4, -0.2) is 31.1 Å². The van der Waals surface area contributed by atoms with Gasteiger partial charge in [-0.3, -0.25) is 0 Å². The summed E-state index contributed by atoms with van der Waals surface area (Å²) in [6.45, 7) is 2.66. The maximum atomic E-state index is 12.7. The van der Waals surface area contributed by atoms with Crippen LogP contribution in [0.5, 0.6) is 0 Å². The number of alkyl halides is 1. The van der Waals surface area contributed by atoms with E-state index in [4.69, 9.17) is 0 Å².